The second kappa shape index (κ2) is 8.20. The van der Waals surface area contributed by atoms with Gasteiger partial charge in [-0.1, -0.05) is 18.2 Å². The number of aromatic amines is 1. The van der Waals surface area contributed by atoms with E-state index in [1.807, 2.05) is 6.07 Å². The van der Waals surface area contributed by atoms with Gasteiger partial charge < -0.3 is 15.6 Å². The molecule has 0 saturated carbocycles. The monoisotopic (exact) mass is 321 g/mol. The third kappa shape index (κ3) is 4.02. The SMILES string of the molecule is Cl.O=C(NCCCc1c[nH]c2ccccc12)C1CCCNC1. The van der Waals surface area contributed by atoms with Crippen molar-refractivity contribution in [2.45, 2.75) is 25.7 Å². The third-order valence-electron chi connectivity index (χ3n) is 4.26. The van der Waals surface area contributed by atoms with Crippen LogP contribution in [0.2, 0.25) is 0 Å². The molecule has 4 nitrogen and oxygen atoms in total. The van der Waals surface area contributed by atoms with Gasteiger partial charge in [-0.2, -0.15) is 0 Å². The molecule has 120 valence electrons. The van der Waals surface area contributed by atoms with Gasteiger partial charge in [0.15, 0.2) is 0 Å². The predicted molar refractivity (Wildman–Crippen MR) is 92.5 cm³/mol. The molecule has 1 unspecified atom stereocenters. The zero-order chi connectivity index (χ0) is 14.5. The summed E-state index contributed by atoms with van der Waals surface area (Å²) in [6.07, 6.45) is 6.17. The van der Waals surface area contributed by atoms with E-state index in [1.165, 1.54) is 16.5 Å². The van der Waals surface area contributed by atoms with Gasteiger partial charge in [0.1, 0.15) is 0 Å². The number of carbonyl (C=O) groups excluding carboxylic acids is 1. The molecule has 1 saturated heterocycles. The van der Waals surface area contributed by atoms with Crippen LogP contribution < -0.4 is 10.6 Å². The number of hydrogen-bond donors (Lipinski definition) is 3. The number of carbonyl (C=O) groups is 1. The van der Waals surface area contributed by atoms with Gasteiger partial charge in [0.25, 0.3) is 0 Å². The van der Waals surface area contributed by atoms with E-state index in [2.05, 4.69) is 40.0 Å². The Labute approximate surface area is 137 Å². The number of benzene rings is 1. The number of piperidine rings is 1. The van der Waals surface area contributed by atoms with Gasteiger partial charge >= 0.3 is 0 Å². The lowest BCUT2D eigenvalue weighted by molar-refractivity contribution is -0.125. The first-order valence-corrected chi connectivity index (χ1v) is 7.88. The van der Waals surface area contributed by atoms with E-state index in [4.69, 9.17) is 0 Å². The van der Waals surface area contributed by atoms with Crippen LogP contribution in [-0.2, 0) is 11.2 Å². The van der Waals surface area contributed by atoms with Gasteiger partial charge in [-0.15, -0.1) is 12.4 Å². The number of fused-ring (bicyclic) bond motifs is 1. The Kier molecular flexibility index (Phi) is 6.28. The summed E-state index contributed by atoms with van der Waals surface area (Å²) in [4.78, 5) is 15.3. The zero-order valence-corrected chi connectivity index (χ0v) is 13.5. The van der Waals surface area contributed by atoms with Crippen LogP contribution in [0.4, 0.5) is 0 Å². The molecular weight excluding hydrogens is 298 g/mol. The maximum absolute atomic E-state index is 12.0. The highest BCUT2D eigenvalue weighted by molar-refractivity contribution is 5.85. The summed E-state index contributed by atoms with van der Waals surface area (Å²) in [6.45, 7) is 2.63. The third-order valence-corrected chi connectivity index (χ3v) is 4.26. The summed E-state index contributed by atoms with van der Waals surface area (Å²) in [5.41, 5.74) is 2.52. The Balaban J connectivity index is 0.00000176. The van der Waals surface area contributed by atoms with Crippen molar-refractivity contribution in [3.05, 3.63) is 36.0 Å². The average molecular weight is 322 g/mol. The van der Waals surface area contributed by atoms with Crippen LogP contribution in [0.1, 0.15) is 24.8 Å². The highest BCUT2D eigenvalue weighted by Gasteiger charge is 2.20. The maximum atomic E-state index is 12.0. The predicted octanol–water partition coefficient (Wildman–Crippen LogP) is 2.64. The number of H-pyrrole nitrogens is 1. The largest absolute Gasteiger partial charge is 0.361 e. The number of halogens is 1. The van der Waals surface area contributed by atoms with Gasteiger partial charge in [0.2, 0.25) is 5.91 Å². The zero-order valence-electron chi connectivity index (χ0n) is 12.7. The van der Waals surface area contributed by atoms with Crippen molar-refractivity contribution < 1.29 is 4.79 Å². The van der Waals surface area contributed by atoms with Gasteiger partial charge in [0, 0.05) is 30.2 Å². The number of aryl methyl sites for hydroxylation is 1. The Bertz CT molecular complexity index is 605. The molecule has 1 aromatic carbocycles. The van der Waals surface area contributed by atoms with E-state index in [0.717, 1.165) is 45.3 Å². The molecule has 1 atom stereocenters. The second-order valence-electron chi connectivity index (χ2n) is 5.80. The Morgan fingerprint density at radius 3 is 3.00 bits per heavy atom. The van der Waals surface area contributed by atoms with Crippen molar-refractivity contribution in [3.8, 4) is 0 Å². The van der Waals surface area contributed by atoms with Crippen LogP contribution in [0.5, 0.6) is 0 Å². The number of aromatic nitrogens is 1. The molecule has 0 aliphatic carbocycles. The molecule has 0 spiro atoms. The molecule has 1 fully saturated rings. The first-order valence-electron chi connectivity index (χ1n) is 7.88. The number of nitrogens with one attached hydrogen (secondary N) is 3. The van der Waals surface area contributed by atoms with E-state index >= 15 is 0 Å². The molecule has 3 N–H and O–H groups in total. The van der Waals surface area contributed by atoms with Crippen LogP contribution >= 0.6 is 12.4 Å². The lowest BCUT2D eigenvalue weighted by Gasteiger charge is -2.21. The summed E-state index contributed by atoms with van der Waals surface area (Å²) in [5.74, 6) is 0.368. The molecule has 1 amide bonds. The van der Waals surface area contributed by atoms with E-state index in [9.17, 15) is 4.79 Å². The fourth-order valence-electron chi connectivity index (χ4n) is 3.05. The minimum atomic E-state index is 0. The van der Waals surface area contributed by atoms with E-state index in [0.29, 0.717) is 0 Å². The average Bonchev–Trinajstić information content (AvgIpc) is 2.95. The van der Waals surface area contributed by atoms with Crippen molar-refractivity contribution in [1.29, 1.82) is 0 Å². The van der Waals surface area contributed by atoms with Crippen LogP contribution in [-0.4, -0.2) is 30.5 Å². The van der Waals surface area contributed by atoms with Gasteiger partial charge in [-0.25, -0.2) is 0 Å². The minimum absolute atomic E-state index is 0. The first kappa shape index (κ1) is 16.8. The Hall–Kier alpha value is -1.52. The summed E-state index contributed by atoms with van der Waals surface area (Å²) >= 11 is 0. The Morgan fingerprint density at radius 1 is 1.32 bits per heavy atom. The molecule has 0 radical (unpaired) electrons. The molecule has 2 aromatic rings. The van der Waals surface area contributed by atoms with Gasteiger partial charge in [0.05, 0.1) is 5.92 Å². The van der Waals surface area contributed by atoms with Crippen LogP contribution in [0.15, 0.2) is 30.5 Å². The molecular formula is C17H24ClN3O. The topological polar surface area (TPSA) is 56.9 Å². The molecule has 22 heavy (non-hydrogen) atoms. The summed E-state index contributed by atoms with van der Waals surface area (Å²) in [7, 11) is 0. The number of rotatable bonds is 5. The van der Waals surface area contributed by atoms with Crippen molar-refractivity contribution in [2.75, 3.05) is 19.6 Å². The molecule has 1 aliphatic heterocycles. The van der Waals surface area contributed by atoms with Crippen LogP contribution in [0.25, 0.3) is 10.9 Å². The molecule has 0 bridgehead atoms. The summed E-state index contributed by atoms with van der Waals surface area (Å²) in [6, 6.07) is 8.35. The molecule has 5 heteroatoms. The normalized spacial score (nSPS) is 17.9. The lowest BCUT2D eigenvalue weighted by Crippen LogP contribution is -2.40. The molecule has 3 rings (SSSR count). The minimum Gasteiger partial charge on any atom is -0.361 e. The summed E-state index contributed by atoms with van der Waals surface area (Å²) in [5, 5.41) is 7.65. The fraction of sp³-hybridized carbons (Fsp3) is 0.471. The first-order chi connectivity index (χ1) is 10.3. The lowest BCUT2D eigenvalue weighted by atomic mass is 9.99. The van der Waals surface area contributed by atoms with E-state index < -0.39 is 0 Å². The number of hydrogen-bond acceptors (Lipinski definition) is 2. The second-order valence-corrected chi connectivity index (χ2v) is 5.80. The van der Waals surface area contributed by atoms with E-state index in [-0.39, 0.29) is 24.2 Å². The quantitative estimate of drug-likeness (QED) is 0.742. The van der Waals surface area contributed by atoms with Gasteiger partial charge in [-0.05, 0) is 43.9 Å². The smallest absolute Gasteiger partial charge is 0.224 e. The van der Waals surface area contributed by atoms with Crippen molar-refractivity contribution in [2.24, 2.45) is 5.92 Å². The van der Waals surface area contributed by atoms with Crippen LogP contribution in [0, 0.1) is 5.92 Å². The van der Waals surface area contributed by atoms with Gasteiger partial charge in [-0.3, -0.25) is 4.79 Å². The number of amides is 1. The molecule has 2 heterocycles. The van der Waals surface area contributed by atoms with Crippen molar-refractivity contribution in [3.63, 3.8) is 0 Å². The molecule has 1 aliphatic rings. The van der Waals surface area contributed by atoms with Crippen LogP contribution in [0.3, 0.4) is 0 Å². The van der Waals surface area contributed by atoms with E-state index in [1.54, 1.807) is 0 Å². The Morgan fingerprint density at radius 2 is 2.18 bits per heavy atom. The number of para-hydroxylation sites is 1. The maximum Gasteiger partial charge on any atom is 0.224 e. The fourth-order valence-corrected chi connectivity index (χ4v) is 3.05. The standard InChI is InChI=1S/C17H23N3O.ClH/c21-17(14-6-3-9-18-11-14)19-10-4-5-13-12-20-16-8-2-1-7-15(13)16;/h1-2,7-8,12,14,18,20H,3-6,9-11H2,(H,19,21);1H. The molecule has 1 aromatic heterocycles. The highest BCUT2D eigenvalue weighted by atomic mass is 35.5. The summed E-state index contributed by atoms with van der Waals surface area (Å²) < 4.78 is 0. The highest BCUT2D eigenvalue weighted by Crippen LogP contribution is 2.18. The van der Waals surface area contributed by atoms with Crippen molar-refractivity contribution >= 4 is 29.2 Å². The van der Waals surface area contributed by atoms with Crippen molar-refractivity contribution in [1.82, 2.24) is 15.6 Å².